The second-order valence-electron chi connectivity index (χ2n) is 4.44. The van der Waals surface area contributed by atoms with Crippen LogP contribution < -0.4 is 5.32 Å². The van der Waals surface area contributed by atoms with Gasteiger partial charge in [-0.3, -0.25) is 9.59 Å². The third-order valence-corrected chi connectivity index (χ3v) is 2.72. The Hall–Kier alpha value is -2.71. The van der Waals surface area contributed by atoms with Gasteiger partial charge in [-0.1, -0.05) is 6.92 Å². The highest BCUT2D eigenvalue weighted by molar-refractivity contribution is 5.95. The van der Waals surface area contributed by atoms with E-state index in [1.807, 2.05) is 0 Å². The molecule has 9 heteroatoms. The Labute approximate surface area is 126 Å². The molecule has 1 aromatic rings. The second-order valence-corrected chi connectivity index (χ2v) is 4.44. The summed E-state index contributed by atoms with van der Waals surface area (Å²) in [6.45, 7) is 3.83. The van der Waals surface area contributed by atoms with Crippen molar-refractivity contribution in [3.63, 3.8) is 0 Å². The fourth-order valence-corrected chi connectivity index (χ4v) is 1.56. The van der Waals surface area contributed by atoms with Crippen molar-refractivity contribution in [3.05, 3.63) is 17.5 Å². The molecule has 0 radical (unpaired) electrons. The molecule has 0 saturated carbocycles. The highest BCUT2D eigenvalue weighted by atomic mass is 16.5. The molecule has 1 amide bonds. The van der Waals surface area contributed by atoms with E-state index in [-0.39, 0.29) is 30.7 Å². The van der Waals surface area contributed by atoms with E-state index in [1.54, 1.807) is 13.8 Å². The lowest BCUT2D eigenvalue weighted by molar-refractivity contribution is -0.147. The van der Waals surface area contributed by atoms with Gasteiger partial charge in [0.05, 0.1) is 12.5 Å². The molecule has 0 spiro atoms. The molecular formula is C13H17N3O6. The number of nitrogens with one attached hydrogen (secondary N) is 1. The van der Waals surface area contributed by atoms with E-state index < -0.39 is 23.6 Å². The number of hydrogen-bond donors (Lipinski definition) is 3. The summed E-state index contributed by atoms with van der Waals surface area (Å²) in [5, 5.41) is 20.5. The number of aromatic hydroxyl groups is 1. The van der Waals surface area contributed by atoms with Crippen molar-refractivity contribution >= 4 is 17.8 Å². The van der Waals surface area contributed by atoms with Crippen LogP contribution in [0.25, 0.3) is 0 Å². The van der Waals surface area contributed by atoms with E-state index in [4.69, 9.17) is 9.84 Å². The van der Waals surface area contributed by atoms with Gasteiger partial charge < -0.3 is 20.3 Å². The molecule has 1 rings (SSSR count). The first-order chi connectivity index (χ1) is 10.3. The second kappa shape index (κ2) is 7.91. The number of carboxylic acid groups (broad SMARTS) is 1. The predicted molar refractivity (Wildman–Crippen MR) is 73.4 cm³/mol. The Morgan fingerprint density at radius 1 is 1.32 bits per heavy atom. The number of carboxylic acids is 1. The first-order valence-corrected chi connectivity index (χ1v) is 6.61. The standard InChI is InChI=1S/C13H17N3O6/c1-3-22-12(20)7(2)4-5-14-10(17)8-6-9(11(18)19)16-13(21)15-8/h6-7H,3-5H2,1-2H3,(H,14,17)(H,18,19)(H,15,16,21)/t7-/m1/s1. The van der Waals surface area contributed by atoms with Crippen LogP contribution in [0, 0.1) is 5.92 Å². The number of ether oxygens (including phenoxy) is 1. The molecule has 120 valence electrons. The van der Waals surface area contributed by atoms with Gasteiger partial charge in [0.1, 0.15) is 5.69 Å². The van der Waals surface area contributed by atoms with Crippen LogP contribution in [0.1, 0.15) is 41.2 Å². The summed E-state index contributed by atoms with van der Waals surface area (Å²) in [4.78, 5) is 40.7. The third kappa shape index (κ3) is 5.00. The van der Waals surface area contributed by atoms with Gasteiger partial charge >= 0.3 is 17.9 Å². The van der Waals surface area contributed by atoms with E-state index in [9.17, 15) is 19.5 Å². The first-order valence-electron chi connectivity index (χ1n) is 6.61. The van der Waals surface area contributed by atoms with Crippen LogP contribution in [0.5, 0.6) is 6.01 Å². The number of nitrogens with zero attached hydrogens (tertiary/aromatic N) is 2. The Morgan fingerprint density at radius 2 is 1.95 bits per heavy atom. The molecule has 22 heavy (non-hydrogen) atoms. The van der Waals surface area contributed by atoms with Crippen LogP contribution in [-0.4, -0.2) is 51.2 Å². The van der Waals surface area contributed by atoms with E-state index in [1.165, 1.54) is 0 Å². The van der Waals surface area contributed by atoms with Crippen molar-refractivity contribution < 1.29 is 29.3 Å². The van der Waals surface area contributed by atoms with Crippen molar-refractivity contribution in [1.82, 2.24) is 15.3 Å². The summed E-state index contributed by atoms with van der Waals surface area (Å²) in [5.74, 6) is -2.79. The van der Waals surface area contributed by atoms with E-state index in [2.05, 4.69) is 15.3 Å². The molecule has 0 saturated heterocycles. The minimum Gasteiger partial charge on any atom is -0.479 e. The van der Waals surface area contributed by atoms with Crippen LogP contribution in [-0.2, 0) is 9.53 Å². The number of aromatic carboxylic acids is 1. The summed E-state index contributed by atoms with van der Waals surface area (Å²) in [6, 6.07) is 0.150. The van der Waals surface area contributed by atoms with Crippen molar-refractivity contribution in [1.29, 1.82) is 0 Å². The lowest BCUT2D eigenvalue weighted by Crippen LogP contribution is -2.28. The minimum atomic E-state index is -1.39. The van der Waals surface area contributed by atoms with Gasteiger partial charge in [0, 0.05) is 12.6 Å². The van der Waals surface area contributed by atoms with Crippen molar-refractivity contribution in [2.75, 3.05) is 13.2 Å². The summed E-state index contributed by atoms with van der Waals surface area (Å²) in [6.07, 6.45) is 0.355. The van der Waals surface area contributed by atoms with E-state index in [0.29, 0.717) is 6.42 Å². The van der Waals surface area contributed by atoms with E-state index in [0.717, 1.165) is 6.07 Å². The average Bonchev–Trinajstić information content (AvgIpc) is 2.46. The van der Waals surface area contributed by atoms with Gasteiger partial charge in [-0.25, -0.2) is 4.79 Å². The topological polar surface area (TPSA) is 139 Å². The number of carbonyl (C=O) groups excluding carboxylic acids is 2. The number of carbonyl (C=O) groups is 3. The summed E-state index contributed by atoms with van der Waals surface area (Å²) in [5.41, 5.74) is -0.758. The highest BCUT2D eigenvalue weighted by Gasteiger charge is 2.17. The smallest absolute Gasteiger partial charge is 0.354 e. The Balaban J connectivity index is 2.59. The maximum absolute atomic E-state index is 11.8. The van der Waals surface area contributed by atoms with Gasteiger partial charge in [-0.15, -0.1) is 0 Å². The van der Waals surface area contributed by atoms with Crippen LogP contribution in [0.15, 0.2) is 6.07 Å². The molecule has 1 atom stereocenters. The number of rotatable bonds is 7. The van der Waals surface area contributed by atoms with Crippen molar-refractivity contribution in [2.24, 2.45) is 5.92 Å². The average molecular weight is 311 g/mol. The van der Waals surface area contributed by atoms with Crippen molar-refractivity contribution in [3.8, 4) is 6.01 Å². The molecule has 1 aromatic heterocycles. The molecule has 1 heterocycles. The summed E-state index contributed by atoms with van der Waals surface area (Å²) in [7, 11) is 0. The lowest BCUT2D eigenvalue weighted by Gasteiger charge is -2.11. The zero-order valence-electron chi connectivity index (χ0n) is 12.2. The quantitative estimate of drug-likeness (QED) is 0.607. The SMILES string of the molecule is CCOC(=O)[C@H](C)CCNC(=O)c1cc(C(=O)O)nc(O)n1. The van der Waals surface area contributed by atoms with E-state index >= 15 is 0 Å². The van der Waals surface area contributed by atoms with Gasteiger partial charge in [0.15, 0.2) is 5.69 Å². The molecule has 9 nitrogen and oxygen atoms in total. The van der Waals surface area contributed by atoms with Crippen LogP contribution in [0.3, 0.4) is 0 Å². The molecule has 3 N–H and O–H groups in total. The minimum absolute atomic E-state index is 0.173. The van der Waals surface area contributed by atoms with Gasteiger partial charge in [-0.2, -0.15) is 9.97 Å². The Bertz CT molecular complexity index is 575. The maximum atomic E-state index is 11.8. The fourth-order valence-electron chi connectivity index (χ4n) is 1.56. The molecular weight excluding hydrogens is 294 g/mol. The zero-order valence-corrected chi connectivity index (χ0v) is 12.2. The third-order valence-electron chi connectivity index (χ3n) is 2.72. The highest BCUT2D eigenvalue weighted by Crippen LogP contribution is 2.07. The zero-order chi connectivity index (χ0) is 16.7. The summed E-state index contributed by atoms with van der Waals surface area (Å²) < 4.78 is 4.83. The number of aromatic nitrogens is 2. The molecule has 0 fully saturated rings. The van der Waals surface area contributed by atoms with Crippen LogP contribution in [0.2, 0.25) is 0 Å². The fraction of sp³-hybridized carbons (Fsp3) is 0.462. The molecule has 0 unspecified atom stereocenters. The molecule has 0 bridgehead atoms. The van der Waals surface area contributed by atoms with Crippen LogP contribution in [0.4, 0.5) is 0 Å². The van der Waals surface area contributed by atoms with Gasteiger partial charge in [0.2, 0.25) is 0 Å². The number of esters is 1. The van der Waals surface area contributed by atoms with Gasteiger partial charge in [0.25, 0.3) is 5.91 Å². The summed E-state index contributed by atoms with van der Waals surface area (Å²) >= 11 is 0. The van der Waals surface area contributed by atoms with Crippen molar-refractivity contribution in [2.45, 2.75) is 20.3 Å². The largest absolute Gasteiger partial charge is 0.479 e. The number of hydrogen-bond acceptors (Lipinski definition) is 7. The molecule has 0 aliphatic heterocycles. The Kier molecular flexibility index (Phi) is 6.24. The molecule has 0 aromatic carbocycles. The first kappa shape index (κ1) is 17.3. The van der Waals surface area contributed by atoms with Gasteiger partial charge in [-0.05, 0) is 13.3 Å². The monoisotopic (exact) mass is 311 g/mol. The predicted octanol–water partition coefficient (Wildman–Crippen LogP) is 0.199. The maximum Gasteiger partial charge on any atom is 0.354 e. The Morgan fingerprint density at radius 3 is 2.55 bits per heavy atom. The number of amides is 1. The van der Waals surface area contributed by atoms with Crippen LogP contribution >= 0.6 is 0 Å². The molecule has 0 aliphatic rings. The molecule has 0 aliphatic carbocycles. The normalized spacial score (nSPS) is 11.5. The lowest BCUT2D eigenvalue weighted by atomic mass is 10.1.